The smallest absolute Gasteiger partial charge is 0.348 e. The third-order valence-corrected chi connectivity index (χ3v) is 5.29. The quantitative estimate of drug-likeness (QED) is 0.863. The van der Waals surface area contributed by atoms with Crippen LogP contribution in [-0.2, 0) is 6.54 Å². The number of anilines is 1. The van der Waals surface area contributed by atoms with Gasteiger partial charge in [0, 0.05) is 31.6 Å². The molecule has 2 fully saturated rings. The highest BCUT2D eigenvalue weighted by Gasteiger charge is 2.50. The standard InChI is InChI=1S/C14H17ClN6O/c15-11-4-12(19-13(22)18-11)21-6-10(5-20-8-16-17-9-20)14(7-21)2-1-3-14/h4,8-10H,1-3,5-7H2,(H,18,19,22)/t10-/m0/s1. The summed E-state index contributed by atoms with van der Waals surface area (Å²) >= 11 is 5.96. The number of nitrogens with zero attached hydrogens (tertiary/aromatic N) is 5. The van der Waals surface area contributed by atoms with Gasteiger partial charge in [0.25, 0.3) is 0 Å². The third kappa shape index (κ3) is 2.29. The van der Waals surface area contributed by atoms with Gasteiger partial charge in [-0.2, -0.15) is 4.98 Å². The van der Waals surface area contributed by atoms with E-state index in [2.05, 4.69) is 25.1 Å². The molecule has 0 aromatic carbocycles. The molecule has 1 aliphatic heterocycles. The van der Waals surface area contributed by atoms with E-state index >= 15 is 0 Å². The fourth-order valence-corrected chi connectivity index (χ4v) is 3.98. The molecule has 116 valence electrons. The maximum atomic E-state index is 11.6. The van der Waals surface area contributed by atoms with Crippen molar-refractivity contribution >= 4 is 17.4 Å². The van der Waals surface area contributed by atoms with Crippen molar-refractivity contribution in [2.75, 3.05) is 18.0 Å². The predicted molar refractivity (Wildman–Crippen MR) is 81.9 cm³/mol. The fourth-order valence-electron chi connectivity index (χ4n) is 3.81. The molecule has 2 aliphatic rings. The van der Waals surface area contributed by atoms with Crippen LogP contribution in [0, 0.1) is 11.3 Å². The van der Waals surface area contributed by atoms with Gasteiger partial charge >= 0.3 is 5.69 Å². The lowest BCUT2D eigenvalue weighted by Gasteiger charge is -2.42. The molecule has 0 radical (unpaired) electrons. The number of halogens is 1. The van der Waals surface area contributed by atoms with Gasteiger partial charge < -0.3 is 9.47 Å². The molecular weight excluding hydrogens is 304 g/mol. The molecule has 1 spiro atoms. The minimum absolute atomic E-state index is 0.320. The minimum atomic E-state index is -0.396. The number of aromatic amines is 1. The van der Waals surface area contributed by atoms with Crippen LogP contribution in [0.4, 0.5) is 5.82 Å². The Morgan fingerprint density at radius 3 is 2.77 bits per heavy atom. The van der Waals surface area contributed by atoms with Crippen molar-refractivity contribution in [2.24, 2.45) is 11.3 Å². The van der Waals surface area contributed by atoms with Crippen molar-refractivity contribution in [3.05, 3.63) is 34.4 Å². The normalized spacial score (nSPS) is 23.0. The molecule has 1 atom stereocenters. The second-order valence-electron chi connectivity index (χ2n) is 6.34. The second-order valence-corrected chi connectivity index (χ2v) is 6.75. The van der Waals surface area contributed by atoms with Crippen molar-refractivity contribution in [3.8, 4) is 0 Å². The van der Waals surface area contributed by atoms with Crippen molar-refractivity contribution in [3.63, 3.8) is 0 Å². The Balaban J connectivity index is 1.60. The number of nitrogens with one attached hydrogen (secondary N) is 1. The molecule has 2 aromatic heterocycles. The Labute approximate surface area is 132 Å². The van der Waals surface area contributed by atoms with Gasteiger partial charge in [-0.15, -0.1) is 10.2 Å². The first-order valence-corrected chi connectivity index (χ1v) is 7.87. The maximum Gasteiger partial charge on any atom is 0.348 e. The van der Waals surface area contributed by atoms with Gasteiger partial charge in [-0.1, -0.05) is 18.0 Å². The summed E-state index contributed by atoms with van der Waals surface area (Å²) in [5.74, 6) is 1.18. The van der Waals surface area contributed by atoms with E-state index in [1.165, 1.54) is 19.3 Å². The maximum absolute atomic E-state index is 11.6. The zero-order valence-electron chi connectivity index (χ0n) is 12.1. The molecule has 4 rings (SSSR count). The SMILES string of the molecule is O=c1nc(N2C[C@H](Cn3cnnc3)C3(CCC3)C2)cc(Cl)[nH]1. The van der Waals surface area contributed by atoms with Gasteiger partial charge in [0.2, 0.25) is 0 Å². The van der Waals surface area contributed by atoms with Crippen LogP contribution in [0.5, 0.6) is 0 Å². The van der Waals surface area contributed by atoms with Gasteiger partial charge in [0.15, 0.2) is 0 Å². The number of hydrogen-bond acceptors (Lipinski definition) is 5. The molecule has 22 heavy (non-hydrogen) atoms. The highest BCUT2D eigenvalue weighted by molar-refractivity contribution is 6.29. The zero-order chi connectivity index (χ0) is 15.2. The summed E-state index contributed by atoms with van der Waals surface area (Å²) in [7, 11) is 0. The zero-order valence-corrected chi connectivity index (χ0v) is 12.8. The molecule has 1 aliphatic carbocycles. The minimum Gasteiger partial charge on any atom is -0.355 e. The van der Waals surface area contributed by atoms with Crippen LogP contribution in [0.3, 0.4) is 0 Å². The van der Waals surface area contributed by atoms with E-state index in [0.717, 1.165) is 19.6 Å². The molecule has 8 heteroatoms. The van der Waals surface area contributed by atoms with Crippen LogP contribution in [0.2, 0.25) is 5.15 Å². The second kappa shape index (κ2) is 5.08. The average molecular weight is 321 g/mol. The molecule has 0 bridgehead atoms. The van der Waals surface area contributed by atoms with E-state index in [-0.39, 0.29) is 0 Å². The van der Waals surface area contributed by atoms with Crippen LogP contribution in [0.1, 0.15) is 19.3 Å². The summed E-state index contributed by atoms with van der Waals surface area (Å²) in [6.07, 6.45) is 7.26. The lowest BCUT2D eigenvalue weighted by molar-refractivity contribution is 0.0878. The monoisotopic (exact) mass is 320 g/mol. The highest BCUT2D eigenvalue weighted by atomic mass is 35.5. The van der Waals surface area contributed by atoms with E-state index in [9.17, 15) is 4.79 Å². The highest BCUT2D eigenvalue weighted by Crippen LogP contribution is 2.52. The number of rotatable bonds is 3. The first-order valence-electron chi connectivity index (χ1n) is 7.49. The molecule has 1 N–H and O–H groups in total. The number of aromatic nitrogens is 5. The Kier molecular flexibility index (Phi) is 3.18. The Hall–Kier alpha value is -1.89. The van der Waals surface area contributed by atoms with Crippen molar-refractivity contribution in [1.29, 1.82) is 0 Å². The van der Waals surface area contributed by atoms with Gasteiger partial charge in [-0.05, 0) is 18.3 Å². The predicted octanol–water partition coefficient (Wildman–Crippen LogP) is 1.32. The average Bonchev–Trinajstić information content (AvgIpc) is 3.04. The van der Waals surface area contributed by atoms with Gasteiger partial charge in [0.05, 0.1) is 0 Å². The summed E-state index contributed by atoms with van der Waals surface area (Å²) in [4.78, 5) is 20.3. The number of hydrogen-bond donors (Lipinski definition) is 1. The lowest BCUT2D eigenvalue weighted by Crippen LogP contribution is -2.39. The summed E-state index contributed by atoms with van der Waals surface area (Å²) in [5.41, 5.74) is -0.0754. The molecule has 1 saturated heterocycles. The van der Waals surface area contributed by atoms with E-state index in [4.69, 9.17) is 11.6 Å². The van der Waals surface area contributed by atoms with Crippen molar-refractivity contribution < 1.29 is 0 Å². The molecule has 1 saturated carbocycles. The van der Waals surface area contributed by atoms with Crippen LogP contribution >= 0.6 is 11.6 Å². The van der Waals surface area contributed by atoms with Gasteiger partial charge in [-0.25, -0.2) is 4.79 Å². The third-order valence-electron chi connectivity index (χ3n) is 5.08. The Morgan fingerprint density at radius 1 is 1.36 bits per heavy atom. The van der Waals surface area contributed by atoms with E-state index in [1.807, 2.05) is 4.57 Å². The molecule has 3 heterocycles. The number of H-pyrrole nitrogens is 1. The van der Waals surface area contributed by atoms with Crippen molar-refractivity contribution in [2.45, 2.75) is 25.8 Å². The summed E-state index contributed by atoms with van der Waals surface area (Å²) in [6.45, 7) is 2.72. The summed E-state index contributed by atoms with van der Waals surface area (Å²) < 4.78 is 2.03. The lowest BCUT2D eigenvalue weighted by atomic mass is 9.63. The molecule has 0 unspecified atom stereocenters. The first-order chi connectivity index (χ1) is 10.6. The van der Waals surface area contributed by atoms with E-state index < -0.39 is 5.69 Å². The summed E-state index contributed by atoms with van der Waals surface area (Å²) in [5, 5.41) is 8.09. The molecular formula is C14H17ClN6O. The first kappa shape index (κ1) is 13.8. The Morgan fingerprint density at radius 2 is 2.14 bits per heavy atom. The van der Waals surface area contributed by atoms with Gasteiger partial charge in [-0.3, -0.25) is 4.98 Å². The van der Waals surface area contributed by atoms with Crippen molar-refractivity contribution in [1.82, 2.24) is 24.7 Å². The van der Waals surface area contributed by atoms with E-state index in [0.29, 0.717) is 22.3 Å². The molecule has 7 nitrogen and oxygen atoms in total. The largest absolute Gasteiger partial charge is 0.355 e. The van der Waals surface area contributed by atoms with Crippen LogP contribution in [0.15, 0.2) is 23.5 Å². The van der Waals surface area contributed by atoms with E-state index in [1.54, 1.807) is 18.7 Å². The topological polar surface area (TPSA) is 79.7 Å². The fraction of sp³-hybridized carbons (Fsp3) is 0.571. The van der Waals surface area contributed by atoms with Gasteiger partial charge in [0.1, 0.15) is 23.6 Å². The van der Waals surface area contributed by atoms with Crippen LogP contribution in [0.25, 0.3) is 0 Å². The summed E-state index contributed by atoms with van der Waals surface area (Å²) in [6, 6.07) is 1.73. The Bertz CT molecular complexity index is 723. The van der Waals surface area contributed by atoms with Crippen LogP contribution < -0.4 is 10.6 Å². The molecule has 0 amide bonds. The molecule has 2 aromatic rings. The van der Waals surface area contributed by atoms with Crippen LogP contribution in [-0.4, -0.2) is 37.8 Å².